The molecule has 53 valence electrons. The van der Waals surface area contributed by atoms with Crippen molar-refractivity contribution in [1.29, 1.82) is 0 Å². The monoisotopic (exact) mass is 138 g/mol. The van der Waals surface area contributed by atoms with Gasteiger partial charge in [0.15, 0.2) is 0 Å². The number of amides is 1. The van der Waals surface area contributed by atoms with Crippen molar-refractivity contribution in [3.05, 3.63) is 18.5 Å². The van der Waals surface area contributed by atoms with Crippen molar-refractivity contribution in [2.75, 3.05) is 14.1 Å². The van der Waals surface area contributed by atoms with Gasteiger partial charge in [0, 0.05) is 14.1 Å². The Morgan fingerprint density at radius 3 is 2.80 bits per heavy atom. The highest BCUT2D eigenvalue weighted by atomic mass is 16.2. The van der Waals surface area contributed by atoms with Crippen LogP contribution in [0.1, 0.15) is 0 Å². The van der Waals surface area contributed by atoms with E-state index in [1.165, 1.54) is 11.1 Å². The molecular weight excluding hydrogens is 130 g/mol. The maximum Gasteiger partial charge on any atom is 0.344 e. The molecule has 0 aliphatic heterocycles. The average Bonchev–Trinajstić information content (AvgIpc) is 2.36. The van der Waals surface area contributed by atoms with E-state index in [2.05, 4.69) is 11.3 Å². The van der Waals surface area contributed by atoms with Gasteiger partial charge in [-0.25, -0.2) is 4.79 Å². The fourth-order valence-electron chi connectivity index (χ4n) is 0.531. The normalized spacial score (nSPS) is 9.40. The Balaban J connectivity index is 2.78. The zero-order chi connectivity index (χ0) is 7.56. The first-order chi connectivity index (χ1) is 4.72. The van der Waals surface area contributed by atoms with Gasteiger partial charge in [0.05, 0.1) is 12.4 Å². The maximum atomic E-state index is 11.0. The Hall–Kier alpha value is -1.32. The number of carbonyl (C=O) groups excluding carboxylic acids is 1. The molecule has 0 atom stereocenters. The van der Waals surface area contributed by atoms with Crippen molar-refractivity contribution < 1.29 is 4.79 Å². The van der Waals surface area contributed by atoms with E-state index in [0.29, 0.717) is 0 Å². The standard InChI is InChI=1S/C6H8N3O/c1-8(2)6(10)9-5-3-4-7-9/h3-4H,1-2H3. The van der Waals surface area contributed by atoms with Gasteiger partial charge in [-0.05, 0) is 6.07 Å². The molecular formula is C6H8N3O. The number of rotatable bonds is 0. The van der Waals surface area contributed by atoms with Gasteiger partial charge in [-0.15, -0.1) is 0 Å². The number of nitrogens with zero attached hydrogens (tertiary/aromatic N) is 3. The van der Waals surface area contributed by atoms with Crippen molar-refractivity contribution in [3.8, 4) is 0 Å². The molecule has 1 radical (unpaired) electrons. The van der Waals surface area contributed by atoms with Crippen LogP contribution in [-0.2, 0) is 0 Å². The summed E-state index contributed by atoms with van der Waals surface area (Å²) in [7, 11) is 3.33. The summed E-state index contributed by atoms with van der Waals surface area (Å²) in [6.07, 6.45) is 4.15. The molecule has 0 bridgehead atoms. The molecule has 0 fully saturated rings. The molecule has 0 unspecified atom stereocenters. The molecule has 4 nitrogen and oxygen atoms in total. The molecule has 0 saturated carbocycles. The predicted octanol–water partition coefficient (Wildman–Crippen LogP) is 0.213. The van der Waals surface area contributed by atoms with Gasteiger partial charge in [-0.3, -0.25) is 0 Å². The van der Waals surface area contributed by atoms with Crippen LogP contribution in [0.3, 0.4) is 0 Å². The number of hydrogen-bond acceptors (Lipinski definition) is 2. The first-order valence-electron chi connectivity index (χ1n) is 2.85. The minimum atomic E-state index is -0.190. The lowest BCUT2D eigenvalue weighted by Crippen LogP contribution is -2.27. The highest BCUT2D eigenvalue weighted by Gasteiger charge is 2.04. The van der Waals surface area contributed by atoms with Crippen LogP contribution < -0.4 is 0 Å². The van der Waals surface area contributed by atoms with Gasteiger partial charge < -0.3 is 4.90 Å². The Morgan fingerprint density at radius 2 is 2.40 bits per heavy atom. The summed E-state index contributed by atoms with van der Waals surface area (Å²) in [4.78, 5) is 12.4. The largest absolute Gasteiger partial charge is 0.344 e. The van der Waals surface area contributed by atoms with E-state index >= 15 is 0 Å². The topological polar surface area (TPSA) is 38.1 Å². The quantitative estimate of drug-likeness (QED) is 0.514. The fourth-order valence-corrected chi connectivity index (χ4v) is 0.531. The van der Waals surface area contributed by atoms with E-state index in [-0.39, 0.29) is 6.03 Å². The first-order valence-corrected chi connectivity index (χ1v) is 2.85. The van der Waals surface area contributed by atoms with Crippen molar-refractivity contribution in [2.24, 2.45) is 0 Å². The third-order valence-electron chi connectivity index (χ3n) is 1.02. The zero-order valence-electron chi connectivity index (χ0n) is 5.90. The molecule has 0 aliphatic rings. The smallest absolute Gasteiger partial charge is 0.329 e. The molecule has 0 aromatic carbocycles. The van der Waals surface area contributed by atoms with Gasteiger partial charge in [-0.1, -0.05) is 0 Å². The van der Waals surface area contributed by atoms with Crippen molar-refractivity contribution in [1.82, 2.24) is 14.7 Å². The lowest BCUT2D eigenvalue weighted by atomic mass is 10.7. The summed E-state index contributed by atoms with van der Waals surface area (Å²) in [6.45, 7) is 0. The van der Waals surface area contributed by atoms with E-state index in [1.807, 2.05) is 0 Å². The number of aromatic nitrogens is 2. The number of hydrogen-bond donors (Lipinski definition) is 0. The highest BCUT2D eigenvalue weighted by Crippen LogP contribution is 1.86. The SMILES string of the molecule is CN(C)C(=O)n1[c]ccn1. The van der Waals surface area contributed by atoms with Crippen LogP contribution >= 0.6 is 0 Å². The van der Waals surface area contributed by atoms with E-state index in [4.69, 9.17) is 0 Å². The van der Waals surface area contributed by atoms with Gasteiger partial charge in [0.1, 0.15) is 0 Å². The third kappa shape index (κ3) is 1.15. The van der Waals surface area contributed by atoms with E-state index in [1.54, 1.807) is 20.2 Å². The Kier molecular flexibility index (Phi) is 1.71. The minimum absolute atomic E-state index is 0.190. The van der Waals surface area contributed by atoms with Crippen LogP contribution in [0.25, 0.3) is 0 Å². The summed E-state index contributed by atoms with van der Waals surface area (Å²) in [6, 6.07) is 1.39. The second-order valence-corrected chi connectivity index (χ2v) is 2.05. The molecule has 1 rings (SSSR count). The van der Waals surface area contributed by atoms with Crippen molar-refractivity contribution >= 4 is 6.03 Å². The molecule has 4 heteroatoms. The van der Waals surface area contributed by atoms with Gasteiger partial charge in [-0.2, -0.15) is 9.78 Å². The zero-order valence-corrected chi connectivity index (χ0v) is 5.90. The molecule has 0 saturated heterocycles. The Morgan fingerprint density at radius 1 is 1.70 bits per heavy atom. The molecule has 0 aliphatic carbocycles. The van der Waals surface area contributed by atoms with E-state index in [9.17, 15) is 4.79 Å². The second kappa shape index (κ2) is 2.51. The summed E-state index contributed by atoms with van der Waals surface area (Å²) < 4.78 is 1.15. The maximum absolute atomic E-state index is 11.0. The summed E-state index contributed by atoms with van der Waals surface area (Å²) in [5, 5.41) is 3.71. The van der Waals surface area contributed by atoms with Crippen LogP contribution in [-0.4, -0.2) is 34.8 Å². The highest BCUT2D eigenvalue weighted by molar-refractivity contribution is 5.74. The number of carbonyl (C=O) groups is 1. The minimum Gasteiger partial charge on any atom is -0.329 e. The third-order valence-corrected chi connectivity index (χ3v) is 1.02. The van der Waals surface area contributed by atoms with Crippen molar-refractivity contribution in [2.45, 2.75) is 0 Å². The van der Waals surface area contributed by atoms with Crippen LogP contribution in [0.2, 0.25) is 0 Å². The van der Waals surface area contributed by atoms with Gasteiger partial charge >= 0.3 is 6.03 Å². The summed E-state index contributed by atoms with van der Waals surface area (Å²) >= 11 is 0. The lowest BCUT2D eigenvalue weighted by Gasteiger charge is -2.07. The average molecular weight is 138 g/mol. The first kappa shape index (κ1) is 6.80. The lowest BCUT2D eigenvalue weighted by molar-refractivity contribution is 0.215. The molecule has 10 heavy (non-hydrogen) atoms. The van der Waals surface area contributed by atoms with Crippen LogP contribution in [0.5, 0.6) is 0 Å². The van der Waals surface area contributed by atoms with Crippen LogP contribution in [0.15, 0.2) is 12.3 Å². The Bertz CT molecular complexity index is 215. The molecule has 1 amide bonds. The van der Waals surface area contributed by atoms with E-state index in [0.717, 1.165) is 4.68 Å². The van der Waals surface area contributed by atoms with Gasteiger partial charge in [0.2, 0.25) is 0 Å². The summed E-state index contributed by atoms with van der Waals surface area (Å²) in [5.41, 5.74) is 0. The van der Waals surface area contributed by atoms with Crippen LogP contribution in [0.4, 0.5) is 4.79 Å². The van der Waals surface area contributed by atoms with E-state index < -0.39 is 0 Å². The fraction of sp³-hybridized carbons (Fsp3) is 0.333. The Labute approximate surface area is 59.1 Å². The van der Waals surface area contributed by atoms with Crippen LogP contribution in [0, 0.1) is 6.20 Å². The predicted molar refractivity (Wildman–Crippen MR) is 35.5 cm³/mol. The molecule has 1 aromatic heterocycles. The molecule has 0 N–H and O–H groups in total. The second-order valence-electron chi connectivity index (χ2n) is 2.05. The molecule has 0 spiro atoms. The van der Waals surface area contributed by atoms with Crippen molar-refractivity contribution in [3.63, 3.8) is 0 Å². The summed E-state index contributed by atoms with van der Waals surface area (Å²) in [5.74, 6) is 0. The van der Waals surface area contributed by atoms with Gasteiger partial charge in [0.25, 0.3) is 0 Å². The molecule has 1 aromatic rings. The molecule has 1 heterocycles.